The zero-order valence-electron chi connectivity index (χ0n) is 15.5. The van der Waals surface area contributed by atoms with Gasteiger partial charge in [-0.2, -0.15) is 0 Å². The summed E-state index contributed by atoms with van der Waals surface area (Å²) in [5.74, 6) is 0.394. The van der Waals surface area contributed by atoms with Crippen LogP contribution < -0.4 is 0 Å². The van der Waals surface area contributed by atoms with Crippen LogP contribution in [0.3, 0.4) is 0 Å². The number of hydrogen-bond donors (Lipinski definition) is 0. The first-order valence-electron chi connectivity index (χ1n) is 9.82. The van der Waals surface area contributed by atoms with Crippen molar-refractivity contribution in [2.24, 2.45) is 5.92 Å². The van der Waals surface area contributed by atoms with Crippen molar-refractivity contribution in [3.63, 3.8) is 0 Å². The SMILES string of the molecule is O=C(/C=C/c1nc2ccccc2s1)N1CCC(C(=O)N2CCCCC2)CC1. The number of carbonyl (C=O) groups is 2. The highest BCUT2D eigenvalue weighted by molar-refractivity contribution is 7.19. The van der Waals surface area contributed by atoms with E-state index in [1.807, 2.05) is 34.1 Å². The summed E-state index contributed by atoms with van der Waals surface area (Å²) in [6.07, 6.45) is 8.45. The molecule has 0 radical (unpaired) electrons. The lowest BCUT2D eigenvalue weighted by atomic mass is 9.94. The van der Waals surface area contributed by atoms with Crippen LogP contribution in [0, 0.1) is 5.92 Å². The minimum absolute atomic E-state index is 0.0122. The minimum atomic E-state index is 0.0122. The van der Waals surface area contributed by atoms with Gasteiger partial charge in [-0.25, -0.2) is 4.98 Å². The largest absolute Gasteiger partial charge is 0.342 e. The first-order chi connectivity index (χ1) is 13.2. The van der Waals surface area contributed by atoms with Gasteiger partial charge in [0, 0.05) is 38.2 Å². The standard InChI is InChI=1S/C21H25N3O2S/c25-20(9-8-19-22-17-6-2-3-7-18(17)27-19)23-14-10-16(11-15-23)21(26)24-12-4-1-5-13-24/h2-3,6-9,16H,1,4-5,10-15H2/b9-8+. The molecule has 5 nitrogen and oxygen atoms in total. The molecule has 2 aliphatic heterocycles. The number of fused-ring (bicyclic) bond motifs is 1. The van der Waals surface area contributed by atoms with Gasteiger partial charge in [-0.15, -0.1) is 11.3 Å². The lowest BCUT2D eigenvalue weighted by molar-refractivity contribution is -0.140. The van der Waals surface area contributed by atoms with Gasteiger partial charge in [-0.05, 0) is 50.3 Å². The van der Waals surface area contributed by atoms with Gasteiger partial charge in [-0.3, -0.25) is 9.59 Å². The van der Waals surface area contributed by atoms with Gasteiger partial charge in [0.2, 0.25) is 11.8 Å². The highest BCUT2D eigenvalue weighted by Gasteiger charge is 2.30. The molecule has 1 aromatic carbocycles. The molecular formula is C21H25N3O2S. The summed E-state index contributed by atoms with van der Waals surface area (Å²) in [7, 11) is 0. The van der Waals surface area contributed by atoms with E-state index in [4.69, 9.17) is 0 Å². The fraction of sp³-hybridized carbons (Fsp3) is 0.476. The first kappa shape index (κ1) is 18.2. The van der Waals surface area contributed by atoms with E-state index in [1.165, 1.54) is 6.42 Å². The maximum absolute atomic E-state index is 12.6. The molecule has 6 heteroatoms. The van der Waals surface area contributed by atoms with Crippen LogP contribution in [-0.4, -0.2) is 52.8 Å². The fourth-order valence-corrected chi connectivity index (χ4v) is 4.80. The highest BCUT2D eigenvalue weighted by Crippen LogP contribution is 2.24. The Hall–Kier alpha value is -2.21. The number of hydrogen-bond acceptors (Lipinski definition) is 4. The predicted molar refractivity (Wildman–Crippen MR) is 108 cm³/mol. The quantitative estimate of drug-likeness (QED) is 0.762. The Labute approximate surface area is 163 Å². The molecule has 142 valence electrons. The molecule has 2 amide bonds. The number of thiazole rings is 1. The number of piperidine rings is 2. The van der Waals surface area contributed by atoms with Gasteiger partial charge in [-0.1, -0.05) is 12.1 Å². The van der Waals surface area contributed by atoms with Crippen molar-refractivity contribution in [2.75, 3.05) is 26.2 Å². The number of nitrogens with zero attached hydrogens (tertiary/aromatic N) is 3. The molecule has 0 unspecified atom stereocenters. The van der Waals surface area contributed by atoms with Gasteiger partial charge in [0.05, 0.1) is 10.2 Å². The third-order valence-corrected chi connectivity index (χ3v) is 6.50. The van der Waals surface area contributed by atoms with E-state index in [1.54, 1.807) is 23.5 Å². The smallest absolute Gasteiger partial charge is 0.246 e. The van der Waals surface area contributed by atoms with E-state index in [2.05, 4.69) is 4.98 Å². The first-order valence-corrected chi connectivity index (χ1v) is 10.6. The number of rotatable bonds is 3. The van der Waals surface area contributed by atoms with Gasteiger partial charge in [0.1, 0.15) is 5.01 Å². The van der Waals surface area contributed by atoms with Crippen LogP contribution in [0.2, 0.25) is 0 Å². The van der Waals surface area contributed by atoms with Gasteiger partial charge < -0.3 is 9.80 Å². The minimum Gasteiger partial charge on any atom is -0.342 e. The van der Waals surface area contributed by atoms with Gasteiger partial charge in [0.15, 0.2) is 0 Å². The molecule has 0 spiro atoms. The van der Waals surface area contributed by atoms with Crippen LogP contribution in [-0.2, 0) is 9.59 Å². The fourth-order valence-electron chi connectivity index (χ4n) is 3.93. The van der Waals surface area contributed by atoms with Crippen LogP contribution in [0.1, 0.15) is 37.1 Å². The van der Waals surface area contributed by atoms with Crippen molar-refractivity contribution in [2.45, 2.75) is 32.1 Å². The Balaban J connectivity index is 1.31. The monoisotopic (exact) mass is 383 g/mol. The maximum Gasteiger partial charge on any atom is 0.246 e. The van der Waals surface area contributed by atoms with E-state index in [-0.39, 0.29) is 11.8 Å². The molecule has 2 saturated heterocycles. The number of likely N-dealkylation sites (tertiary alicyclic amines) is 2. The molecule has 0 aliphatic carbocycles. The third-order valence-electron chi connectivity index (χ3n) is 5.50. The maximum atomic E-state index is 12.6. The summed E-state index contributed by atoms with van der Waals surface area (Å²) < 4.78 is 1.13. The molecule has 27 heavy (non-hydrogen) atoms. The molecule has 2 fully saturated rings. The van der Waals surface area contributed by atoms with Crippen LogP contribution in [0.15, 0.2) is 30.3 Å². The number of aromatic nitrogens is 1. The van der Waals surface area contributed by atoms with Crippen LogP contribution in [0.25, 0.3) is 16.3 Å². The lowest BCUT2D eigenvalue weighted by Crippen LogP contribution is -2.45. The average molecular weight is 384 g/mol. The Kier molecular flexibility index (Phi) is 5.53. The summed E-state index contributed by atoms with van der Waals surface area (Å²) >= 11 is 1.59. The zero-order chi connectivity index (χ0) is 18.6. The second-order valence-corrected chi connectivity index (χ2v) is 8.40. The second-order valence-electron chi connectivity index (χ2n) is 7.34. The lowest BCUT2D eigenvalue weighted by Gasteiger charge is -2.35. The zero-order valence-corrected chi connectivity index (χ0v) is 16.3. The van der Waals surface area contributed by atoms with Gasteiger partial charge >= 0.3 is 0 Å². The molecule has 0 N–H and O–H groups in total. The second kappa shape index (κ2) is 8.21. The molecular weight excluding hydrogens is 358 g/mol. The van der Waals surface area contributed by atoms with Crippen molar-refractivity contribution < 1.29 is 9.59 Å². The van der Waals surface area contributed by atoms with E-state index in [0.29, 0.717) is 19.0 Å². The topological polar surface area (TPSA) is 53.5 Å². The van der Waals surface area contributed by atoms with Crippen molar-refractivity contribution in [3.8, 4) is 0 Å². The third kappa shape index (κ3) is 4.21. The molecule has 3 heterocycles. The number of para-hydroxylation sites is 1. The number of amides is 2. The van der Waals surface area contributed by atoms with Crippen molar-refractivity contribution in [1.29, 1.82) is 0 Å². The summed E-state index contributed by atoms with van der Waals surface area (Å²) in [4.78, 5) is 33.5. The number of benzene rings is 1. The normalized spacial score (nSPS) is 19.1. The van der Waals surface area contributed by atoms with Gasteiger partial charge in [0.25, 0.3) is 0 Å². The van der Waals surface area contributed by atoms with Crippen molar-refractivity contribution in [1.82, 2.24) is 14.8 Å². The molecule has 4 rings (SSSR count). The predicted octanol–water partition coefficient (Wildman–Crippen LogP) is 3.56. The van der Waals surface area contributed by atoms with Crippen LogP contribution in [0.5, 0.6) is 0 Å². The molecule has 1 aromatic heterocycles. The molecule has 0 bridgehead atoms. The summed E-state index contributed by atoms with van der Waals surface area (Å²) in [6, 6.07) is 7.98. The Bertz CT molecular complexity index is 813. The molecule has 2 aromatic rings. The summed E-state index contributed by atoms with van der Waals surface area (Å²) in [5.41, 5.74) is 0.964. The van der Waals surface area contributed by atoms with Crippen molar-refractivity contribution in [3.05, 3.63) is 35.3 Å². The molecule has 0 saturated carbocycles. The van der Waals surface area contributed by atoms with E-state index in [0.717, 1.165) is 54.0 Å². The van der Waals surface area contributed by atoms with E-state index < -0.39 is 0 Å². The highest BCUT2D eigenvalue weighted by atomic mass is 32.1. The number of carbonyl (C=O) groups excluding carboxylic acids is 2. The van der Waals surface area contributed by atoms with Crippen LogP contribution in [0.4, 0.5) is 0 Å². The molecule has 2 aliphatic rings. The average Bonchev–Trinajstić information content (AvgIpc) is 3.15. The van der Waals surface area contributed by atoms with E-state index in [9.17, 15) is 9.59 Å². The van der Waals surface area contributed by atoms with E-state index >= 15 is 0 Å². The van der Waals surface area contributed by atoms with Crippen molar-refractivity contribution >= 4 is 39.4 Å². The Morgan fingerprint density at radius 2 is 1.74 bits per heavy atom. The molecule has 0 atom stereocenters. The summed E-state index contributed by atoms with van der Waals surface area (Å²) in [6.45, 7) is 3.13. The summed E-state index contributed by atoms with van der Waals surface area (Å²) in [5, 5.41) is 0.847. The van der Waals surface area contributed by atoms with Crippen LogP contribution >= 0.6 is 11.3 Å². The Morgan fingerprint density at radius 1 is 1.00 bits per heavy atom. The Morgan fingerprint density at radius 3 is 2.48 bits per heavy atom.